The van der Waals surface area contributed by atoms with Crippen LogP contribution in [0.4, 0.5) is 0 Å². The van der Waals surface area contributed by atoms with Crippen LogP contribution in [0.2, 0.25) is 0 Å². The number of carbonyl (C=O) groups is 1. The van der Waals surface area contributed by atoms with Gasteiger partial charge in [0.15, 0.2) is 0 Å². The highest BCUT2D eigenvalue weighted by atomic mass is 16.5. The predicted molar refractivity (Wildman–Crippen MR) is 45.1 cm³/mol. The highest BCUT2D eigenvalue weighted by Gasteiger charge is 2.25. The molecule has 4 nitrogen and oxygen atoms in total. The fraction of sp³-hybridized carbons (Fsp3) is 0.444. The molecule has 1 aromatic heterocycles. The lowest BCUT2D eigenvalue weighted by atomic mass is 10.0. The van der Waals surface area contributed by atoms with Crippen LogP contribution in [0.1, 0.15) is 11.3 Å². The summed E-state index contributed by atoms with van der Waals surface area (Å²) >= 11 is 0. The maximum atomic E-state index is 11.2. The van der Waals surface area contributed by atoms with E-state index in [0.717, 1.165) is 11.3 Å². The standard InChI is InChI=1S/C9H11NO3/c1-12-9(11)7-4-6-2-3-13-8(6)5-10-7/h2-3,7,10H,4-5H2,1H3. The number of hydrogen-bond acceptors (Lipinski definition) is 4. The molecule has 1 atom stereocenters. The van der Waals surface area contributed by atoms with Crippen molar-refractivity contribution in [2.24, 2.45) is 0 Å². The summed E-state index contributed by atoms with van der Waals surface area (Å²) in [7, 11) is 1.40. The summed E-state index contributed by atoms with van der Waals surface area (Å²) in [6.07, 6.45) is 2.30. The maximum Gasteiger partial charge on any atom is 0.323 e. The second kappa shape index (κ2) is 3.22. The number of ether oxygens (including phenoxy) is 1. The van der Waals surface area contributed by atoms with E-state index in [1.165, 1.54) is 7.11 Å². The van der Waals surface area contributed by atoms with E-state index in [1.54, 1.807) is 6.26 Å². The number of nitrogens with one attached hydrogen (secondary N) is 1. The van der Waals surface area contributed by atoms with Crippen molar-refractivity contribution in [3.8, 4) is 0 Å². The van der Waals surface area contributed by atoms with E-state index in [4.69, 9.17) is 4.42 Å². The van der Waals surface area contributed by atoms with Gasteiger partial charge in [-0.05, 0) is 11.6 Å². The van der Waals surface area contributed by atoms with E-state index in [2.05, 4.69) is 10.1 Å². The van der Waals surface area contributed by atoms with Crippen molar-refractivity contribution in [3.05, 3.63) is 23.7 Å². The van der Waals surface area contributed by atoms with E-state index >= 15 is 0 Å². The fourth-order valence-electron chi connectivity index (χ4n) is 1.52. The molecular weight excluding hydrogens is 170 g/mol. The molecule has 0 fully saturated rings. The Morgan fingerprint density at radius 1 is 1.77 bits per heavy atom. The number of esters is 1. The van der Waals surface area contributed by atoms with Crippen LogP contribution >= 0.6 is 0 Å². The third kappa shape index (κ3) is 1.45. The van der Waals surface area contributed by atoms with Crippen LogP contribution in [-0.2, 0) is 22.5 Å². The van der Waals surface area contributed by atoms with Crippen LogP contribution in [0.25, 0.3) is 0 Å². The van der Waals surface area contributed by atoms with E-state index in [1.807, 2.05) is 6.07 Å². The quantitative estimate of drug-likeness (QED) is 0.640. The summed E-state index contributed by atoms with van der Waals surface area (Å²) in [6, 6.07) is 1.67. The van der Waals surface area contributed by atoms with Gasteiger partial charge in [0.25, 0.3) is 0 Å². The van der Waals surface area contributed by atoms with Gasteiger partial charge in [-0.1, -0.05) is 0 Å². The zero-order chi connectivity index (χ0) is 9.26. The molecule has 70 valence electrons. The van der Waals surface area contributed by atoms with E-state index in [9.17, 15) is 4.79 Å². The Kier molecular flexibility index (Phi) is 2.06. The summed E-state index contributed by atoms with van der Waals surface area (Å²) in [6.45, 7) is 0.599. The van der Waals surface area contributed by atoms with Gasteiger partial charge in [0.2, 0.25) is 0 Å². The van der Waals surface area contributed by atoms with Crippen molar-refractivity contribution in [3.63, 3.8) is 0 Å². The second-order valence-corrected chi connectivity index (χ2v) is 3.03. The predicted octanol–water partition coefficient (Wildman–Crippen LogP) is 0.467. The molecule has 0 amide bonds. The van der Waals surface area contributed by atoms with Gasteiger partial charge < -0.3 is 9.15 Å². The number of hydrogen-bond donors (Lipinski definition) is 1. The first kappa shape index (κ1) is 8.31. The highest BCUT2D eigenvalue weighted by Crippen LogP contribution is 2.17. The lowest BCUT2D eigenvalue weighted by molar-refractivity contribution is -0.143. The molecule has 1 N–H and O–H groups in total. The molecule has 1 aliphatic rings. The third-order valence-electron chi connectivity index (χ3n) is 2.26. The van der Waals surface area contributed by atoms with Gasteiger partial charge in [-0.15, -0.1) is 0 Å². The zero-order valence-corrected chi connectivity index (χ0v) is 7.37. The lowest BCUT2D eigenvalue weighted by Gasteiger charge is -2.20. The Labute approximate surface area is 75.9 Å². The molecule has 2 heterocycles. The number of methoxy groups -OCH3 is 1. The van der Waals surface area contributed by atoms with E-state index in [0.29, 0.717) is 13.0 Å². The Bertz CT molecular complexity index is 318. The van der Waals surface area contributed by atoms with Crippen molar-refractivity contribution in [1.29, 1.82) is 0 Å². The van der Waals surface area contributed by atoms with Crippen molar-refractivity contribution in [2.75, 3.05) is 7.11 Å². The van der Waals surface area contributed by atoms with Crippen LogP contribution in [0, 0.1) is 0 Å². The molecule has 0 aliphatic carbocycles. The van der Waals surface area contributed by atoms with Gasteiger partial charge in [-0.25, -0.2) is 0 Å². The summed E-state index contributed by atoms with van der Waals surface area (Å²) in [5.41, 5.74) is 1.09. The molecule has 1 aromatic rings. The van der Waals surface area contributed by atoms with Gasteiger partial charge in [-0.2, -0.15) is 0 Å². The first-order chi connectivity index (χ1) is 6.31. The number of furan rings is 1. The van der Waals surface area contributed by atoms with Crippen molar-refractivity contribution in [2.45, 2.75) is 19.0 Å². The third-order valence-corrected chi connectivity index (χ3v) is 2.26. The minimum Gasteiger partial charge on any atom is -0.468 e. The van der Waals surface area contributed by atoms with Crippen LogP contribution in [0.5, 0.6) is 0 Å². The van der Waals surface area contributed by atoms with Gasteiger partial charge in [-0.3, -0.25) is 10.1 Å². The van der Waals surface area contributed by atoms with Gasteiger partial charge in [0.05, 0.1) is 19.9 Å². The van der Waals surface area contributed by atoms with Crippen LogP contribution in [0.15, 0.2) is 16.7 Å². The minimum atomic E-state index is -0.227. The van der Waals surface area contributed by atoms with Crippen molar-refractivity contribution in [1.82, 2.24) is 5.32 Å². The first-order valence-electron chi connectivity index (χ1n) is 4.17. The molecule has 0 bridgehead atoms. The summed E-state index contributed by atoms with van der Waals surface area (Å²) in [4.78, 5) is 11.2. The molecule has 0 saturated carbocycles. The molecule has 4 heteroatoms. The number of fused-ring (bicyclic) bond motifs is 1. The average molecular weight is 181 g/mol. The van der Waals surface area contributed by atoms with Gasteiger partial charge in [0.1, 0.15) is 11.8 Å². The topological polar surface area (TPSA) is 51.5 Å². The fourth-order valence-corrected chi connectivity index (χ4v) is 1.52. The molecule has 2 rings (SSSR count). The van der Waals surface area contributed by atoms with E-state index in [-0.39, 0.29) is 12.0 Å². The van der Waals surface area contributed by atoms with Crippen molar-refractivity contribution >= 4 is 5.97 Å². The normalized spacial score (nSPS) is 20.8. The highest BCUT2D eigenvalue weighted by molar-refractivity contribution is 5.76. The van der Waals surface area contributed by atoms with Gasteiger partial charge >= 0.3 is 5.97 Å². The van der Waals surface area contributed by atoms with Gasteiger partial charge in [0, 0.05) is 6.42 Å². The average Bonchev–Trinajstić information content (AvgIpc) is 2.63. The Balaban J connectivity index is 2.13. The largest absolute Gasteiger partial charge is 0.468 e. The monoisotopic (exact) mass is 181 g/mol. The Morgan fingerprint density at radius 3 is 3.38 bits per heavy atom. The minimum absolute atomic E-state index is 0.216. The molecule has 0 saturated heterocycles. The number of rotatable bonds is 1. The number of carbonyl (C=O) groups excluding carboxylic acids is 1. The van der Waals surface area contributed by atoms with Crippen LogP contribution < -0.4 is 5.32 Å². The first-order valence-corrected chi connectivity index (χ1v) is 4.17. The Hall–Kier alpha value is -1.29. The van der Waals surface area contributed by atoms with Crippen molar-refractivity contribution < 1.29 is 13.9 Å². The maximum absolute atomic E-state index is 11.2. The molecule has 0 radical (unpaired) electrons. The molecule has 0 aromatic carbocycles. The van der Waals surface area contributed by atoms with Crippen LogP contribution in [0.3, 0.4) is 0 Å². The van der Waals surface area contributed by atoms with Crippen LogP contribution in [-0.4, -0.2) is 19.1 Å². The summed E-state index contributed by atoms with van der Waals surface area (Å²) < 4.78 is 9.85. The second-order valence-electron chi connectivity index (χ2n) is 3.03. The molecule has 0 spiro atoms. The summed E-state index contributed by atoms with van der Waals surface area (Å²) in [5, 5.41) is 3.04. The smallest absolute Gasteiger partial charge is 0.323 e. The Morgan fingerprint density at radius 2 is 2.62 bits per heavy atom. The SMILES string of the molecule is COC(=O)C1Cc2ccoc2CN1. The van der Waals surface area contributed by atoms with E-state index < -0.39 is 0 Å². The molecule has 1 unspecified atom stereocenters. The zero-order valence-electron chi connectivity index (χ0n) is 7.37. The molecule has 1 aliphatic heterocycles. The molecular formula is C9H11NO3. The molecule has 13 heavy (non-hydrogen) atoms. The summed E-state index contributed by atoms with van der Waals surface area (Å²) in [5.74, 6) is 0.701. The lowest BCUT2D eigenvalue weighted by Crippen LogP contribution is -2.41.